The van der Waals surface area contributed by atoms with Crippen molar-refractivity contribution in [3.8, 4) is 17.1 Å². The Balaban J connectivity index is 1.87. The number of hydrogen-bond donors (Lipinski definition) is 1. The van der Waals surface area contributed by atoms with Crippen molar-refractivity contribution in [1.29, 1.82) is 0 Å². The summed E-state index contributed by atoms with van der Waals surface area (Å²) in [6.45, 7) is 3.76. The van der Waals surface area contributed by atoms with Gasteiger partial charge in [0.15, 0.2) is 0 Å². The minimum Gasteiger partial charge on any atom is -0.473 e. The van der Waals surface area contributed by atoms with Gasteiger partial charge in [-0.15, -0.1) is 0 Å². The van der Waals surface area contributed by atoms with Crippen LogP contribution in [-0.4, -0.2) is 38.9 Å². The predicted molar refractivity (Wildman–Crippen MR) is 70.9 cm³/mol. The average molecular weight is 259 g/mol. The van der Waals surface area contributed by atoms with Crippen molar-refractivity contribution in [3.63, 3.8) is 0 Å². The van der Waals surface area contributed by atoms with E-state index in [-0.39, 0.29) is 6.10 Å². The zero-order valence-corrected chi connectivity index (χ0v) is 11.1. The van der Waals surface area contributed by atoms with Gasteiger partial charge in [-0.05, 0) is 19.9 Å². The molecule has 3 heterocycles. The molecular weight excluding hydrogens is 242 g/mol. The Kier molecular flexibility index (Phi) is 3.16. The van der Waals surface area contributed by atoms with Crippen LogP contribution in [0.15, 0.2) is 18.5 Å². The van der Waals surface area contributed by atoms with Gasteiger partial charge in [-0.2, -0.15) is 10.1 Å². The van der Waals surface area contributed by atoms with Crippen molar-refractivity contribution >= 4 is 0 Å². The van der Waals surface area contributed by atoms with Gasteiger partial charge in [0.2, 0.25) is 5.88 Å². The van der Waals surface area contributed by atoms with Gasteiger partial charge in [-0.25, -0.2) is 4.98 Å². The predicted octanol–water partition coefficient (Wildman–Crippen LogP) is 0.926. The molecular formula is C13H17N5O. The van der Waals surface area contributed by atoms with Crippen LogP contribution in [0.5, 0.6) is 5.88 Å². The Labute approximate surface area is 111 Å². The molecule has 100 valence electrons. The fourth-order valence-corrected chi connectivity index (χ4v) is 2.20. The van der Waals surface area contributed by atoms with Crippen LogP contribution >= 0.6 is 0 Å². The lowest BCUT2D eigenvalue weighted by Gasteiger charge is -2.12. The summed E-state index contributed by atoms with van der Waals surface area (Å²) in [4.78, 5) is 8.77. The molecule has 1 unspecified atom stereocenters. The van der Waals surface area contributed by atoms with Crippen LogP contribution in [0.3, 0.4) is 0 Å². The highest BCUT2D eigenvalue weighted by molar-refractivity contribution is 5.57. The van der Waals surface area contributed by atoms with E-state index in [0.29, 0.717) is 11.7 Å². The maximum absolute atomic E-state index is 5.88. The van der Waals surface area contributed by atoms with E-state index < -0.39 is 0 Å². The Hall–Kier alpha value is -1.95. The first kappa shape index (κ1) is 12.1. The first-order valence-corrected chi connectivity index (χ1v) is 6.43. The first-order valence-electron chi connectivity index (χ1n) is 6.43. The Morgan fingerprint density at radius 2 is 2.32 bits per heavy atom. The SMILES string of the molecule is Cc1nc(OC2CCNC2)cc(-c2cnn(C)c2)n1. The van der Waals surface area contributed by atoms with E-state index in [9.17, 15) is 0 Å². The third kappa shape index (κ3) is 2.73. The molecule has 0 bridgehead atoms. The lowest BCUT2D eigenvalue weighted by atomic mass is 10.2. The number of aromatic nitrogens is 4. The molecule has 6 heteroatoms. The van der Waals surface area contributed by atoms with Gasteiger partial charge >= 0.3 is 0 Å². The van der Waals surface area contributed by atoms with Crippen molar-refractivity contribution in [2.45, 2.75) is 19.4 Å². The molecule has 19 heavy (non-hydrogen) atoms. The maximum atomic E-state index is 5.88. The quantitative estimate of drug-likeness (QED) is 0.888. The highest BCUT2D eigenvalue weighted by atomic mass is 16.5. The fourth-order valence-electron chi connectivity index (χ4n) is 2.20. The summed E-state index contributed by atoms with van der Waals surface area (Å²) in [5, 5.41) is 7.44. The summed E-state index contributed by atoms with van der Waals surface area (Å²) < 4.78 is 7.64. The molecule has 0 aromatic carbocycles. The highest BCUT2D eigenvalue weighted by Crippen LogP contribution is 2.21. The summed E-state index contributed by atoms with van der Waals surface area (Å²) in [6, 6.07) is 1.88. The van der Waals surface area contributed by atoms with Crippen molar-refractivity contribution in [2.24, 2.45) is 7.05 Å². The molecule has 1 fully saturated rings. The van der Waals surface area contributed by atoms with Crippen LogP contribution < -0.4 is 10.1 Å². The summed E-state index contributed by atoms with van der Waals surface area (Å²) >= 11 is 0. The number of nitrogens with zero attached hydrogens (tertiary/aromatic N) is 4. The molecule has 0 radical (unpaired) electrons. The second-order valence-electron chi connectivity index (χ2n) is 4.77. The number of nitrogens with one attached hydrogen (secondary N) is 1. The van der Waals surface area contributed by atoms with Gasteiger partial charge in [0.25, 0.3) is 0 Å². The van der Waals surface area contributed by atoms with E-state index in [1.807, 2.05) is 26.2 Å². The second kappa shape index (κ2) is 4.97. The molecule has 2 aromatic heterocycles. The molecule has 0 aliphatic carbocycles. The van der Waals surface area contributed by atoms with Gasteiger partial charge < -0.3 is 10.1 Å². The molecule has 0 amide bonds. The van der Waals surface area contributed by atoms with E-state index >= 15 is 0 Å². The third-order valence-electron chi connectivity index (χ3n) is 3.12. The number of rotatable bonds is 3. The molecule has 1 aliphatic heterocycles. The summed E-state index contributed by atoms with van der Waals surface area (Å²) in [5.41, 5.74) is 1.82. The van der Waals surface area contributed by atoms with Crippen LogP contribution in [0.25, 0.3) is 11.3 Å². The molecule has 1 N–H and O–H groups in total. The van der Waals surface area contributed by atoms with Gasteiger partial charge in [0.05, 0.1) is 11.9 Å². The summed E-state index contributed by atoms with van der Waals surface area (Å²) in [5.74, 6) is 1.35. The highest BCUT2D eigenvalue weighted by Gasteiger charge is 2.17. The van der Waals surface area contributed by atoms with Crippen LogP contribution in [0.4, 0.5) is 0 Å². The van der Waals surface area contributed by atoms with Crippen LogP contribution in [-0.2, 0) is 7.05 Å². The maximum Gasteiger partial charge on any atom is 0.217 e. The van der Waals surface area contributed by atoms with E-state index in [4.69, 9.17) is 4.74 Å². The molecule has 1 atom stereocenters. The molecule has 2 aromatic rings. The fraction of sp³-hybridized carbons (Fsp3) is 0.462. The smallest absolute Gasteiger partial charge is 0.217 e. The van der Waals surface area contributed by atoms with E-state index in [0.717, 1.165) is 30.8 Å². The zero-order chi connectivity index (χ0) is 13.2. The van der Waals surface area contributed by atoms with Gasteiger partial charge in [-0.3, -0.25) is 4.68 Å². The van der Waals surface area contributed by atoms with Crippen molar-refractivity contribution in [3.05, 3.63) is 24.3 Å². The molecule has 0 spiro atoms. The van der Waals surface area contributed by atoms with Crippen LogP contribution in [0.1, 0.15) is 12.2 Å². The van der Waals surface area contributed by atoms with Crippen molar-refractivity contribution in [1.82, 2.24) is 25.1 Å². The molecule has 3 rings (SSSR count). The molecule has 0 saturated carbocycles. The zero-order valence-electron chi connectivity index (χ0n) is 11.1. The lowest BCUT2D eigenvalue weighted by Crippen LogP contribution is -2.20. The molecule has 1 saturated heterocycles. The topological polar surface area (TPSA) is 64.9 Å². The minimum absolute atomic E-state index is 0.205. The van der Waals surface area contributed by atoms with Crippen molar-refractivity contribution in [2.75, 3.05) is 13.1 Å². The van der Waals surface area contributed by atoms with Gasteiger partial charge in [0.1, 0.15) is 11.9 Å². The van der Waals surface area contributed by atoms with E-state index in [1.165, 1.54) is 0 Å². The normalized spacial score (nSPS) is 18.7. The van der Waals surface area contributed by atoms with Gasteiger partial charge in [0, 0.05) is 31.4 Å². The monoisotopic (exact) mass is 259 g/mol. The Bertz CT molecular complexity index is 574. The van der Waals surface area contributed by atoms with E-state index in [2.05, 4.69) is 20.4 Å². The third-order valence-corrected chi connectivity index (χ3v) is 3.12. The second-order valence-corrected chi connectivity index (χ2v) is 4.77. The summed E-state index contributed by atoms with van der Waals surface area (Å²) in [7, 11) is 1.89. The molecule has 1 aliphatic rings. The number of ether oxygens (including phenoxy) is 1. The Morgan fingerprint density at radius 1 is 1.42 bits per heavy atom. The first-order chi connectivity index (χ1) is 9.20. The Morgan fingerprint density at radius 3 is 3.00 bits per heavy atom. The van der Waals surface area contributed by atoms with Crippen molar-refractivity contribution < 1.29 is 4.74 Å². The summed E-state index contributed by atoms with van der Waals surface area (Å²) in [6.07, 6.45) is 4.95. The van der Waals surface area contributed by atoms with E-state index in [1.54, 1.807) is 10.9 Å². The van der Waals surface area contributed by atoms with Crippen LogP contribution in [0.2, 0.25) is 0 Å². The molecule has 6 nitrogen and oxygen atoms in total. The number of hydrogen-bond acceptors (Lipinski definition) is 5. The minimum atomic E-state index is 0.205. The lowest BCUT2D eigenvalue weighted by molar-refractivity contribution is 0.213. The van der Waals surface area contributed by atoms with Crippen LogP contribution in [0, 0.1) is 6.92 Å². The standard InChI is InChI=1S/C13H17N5O/c1-9-16-12(10-6-15-18(2)8-10)5-13(17-9)19-11-3-4-14-7-11/h5-6,8,11,14H,3-4,7H2,1-2H3. The number of aryl methyl sites for hydroxylation is 2. The average Bonchev–Trinajstić information content (AvgIpc) is 3.00. The largest absolute Gasteiger partial charge is 0.473 e. The van der Waals surface area contributed by atoms with Gasteiger partial charge in [-0.1, -0.05) is 0 Å².